The van der Waals surface area contributed by atoms with Gasteiger partial charge in [-0.05, 0) is 6.42 Å². The number of nitro groups is 1. The lowest BCUT2D eigenvalue weighted by Gasteiger charge is -2.15. The van der Waals surface area contributed by atoms with E-state index in [9.17, 15) is 23.7 Å². The van der Waals surface area contributed by atoms with Gasteiger partial charge in [-0.25, -0.2) is 8.78 Å². The summed E-state index contributed by atoms with van der Waals surface area (Å²) in [6.45, 7) is 0.413. The normalized spacial score (nSPS) is 11.4. The van der Waals surface area contributed by atoms with E-state index in [2.05, 4.69) is 0 Å². The molecule has 1 amide bonds. The molecule has 112 valence electrons. The van der Waals surface area contributed by atoms with Gasteiger partial charge < -0.3 is 15.6 Å². The summed E-state index contributed by atoms with van der Waals surface area (Å²) in [5, 5.41) is 12.7. The molecule has 0 saturated carbocycles. The Morgan fingerprint density at radius 3 is 2.75 bits per heavy atom. The molecule has 1 rings (SSSR count). The van der Waals surface area contributed by atoms with Gasteiger partial charge in [0.05, 0.1) is 24.2 Å². The Kier molecular flexibility index (Phi) is 5.14. The SMILES string of the molecule is CCCn1cc([N+](=O)[O-])cc1C(=O)NCC(F)(F)CN. The number of carbonyl (C=O) groups is 1. The third-order valence-corrected chi connectivity index (χ3v) is 2.60. The average Bonchev–Trinajstić information content (AvgIpc) is 2.81. The molecule has 20 heavy (non-hydrogen) atoms. The molecule has 0 saturated heterocycles. The molecule has 0 aliphatic heterocycles. The monoisotopic (exact) mass is 290 g/mol. The number of hydrogen-bond donors (Lipinski definition) is 2. The Labute approximate surface area is 113 Å². The van der Waals surface area contributed by atoms with E-state index in [0.29, 0.717) is 13.0 Å². The van der Waals surface area contributed by atoms with Gasteiger partial charge in [-0.15, -0.1) is 0 Å². The molecule has 1 heterocycles. The largest absolute Gasteiger partial charge is 0.345 e. The average molecular weight is 290 g/mol. The van der Waals surface area contributed by atoms with Crippen molar-refractivity contribution in [3.8, 4) is 0 Å². The van der Waals surface area contributed by atoms with E-state index in [4.69, 9.17) is 5.73 Å². The number of nitrogens with one attached hydrogen (secondary N) is 1. The molecule has 0 atom stereocenters. The van der Waals surface area contributed by atoms with E-state index >= 15 is 0 Å². The molecular formula is C11H16F2N4O3. The van der Waals surface area contributed by atoms with Crippen LogP contribution in [0.4, 0.5) is 14.5 Å². The van der Waals surface area contributed by atoms with Crippen LogP contribution >= 0.6 is 0 Å². The van der Waals surface area contributed by atoms with E-state index in [-0.39, 0.29) is 11.4 Å². The van der Waals surface area contributed by atoms with Gasteiger partial charge >= 0.3 is 0 Å². The van der Waals surface area contributed by atoms with E-state index in [0.717, 1.165) is 6.07 Å². The minimum absolute atomic E-state index is 0.0219. The molecule has 0 aliphatic carbocycles. The first-order valence-electron chi connectivity index (χ1n) is 6.01. The van der Waals surface area contributed by atoms with Crippen LogP contribution < -0.4 is 11.1 Å². The van der Waals surface area contributed by atoms with Crippen molar-refractivity contribution in [2.45, 2.75) is 25.8 Å². The van der Waals surface area contributed by atoms with Crippen molar-refractivity contribution < 1.29 is 18.5 Å². The number of alkyl halides is 2. The van der Waals surface area contributed by atoms with Crippen LogP contribution in [0.5, 0.6) is 0 Å². The minimum atomic E-state index is -3.20. The molecule has 3 N–H and O–H groups in total. The topological polar surface area (TPSA) is 103 Å². The molecule has 0 fully saturated rings. The third-order valence-electron chi connectivity index (χ3n) is 2.60. The van der Waals surface area contributed by atoms with E-state index in [1.807, 2.05) is 12.2 Å². The second-order valence-corrected chi connectivity index (χ2v) is 4.28. The molecule has 0 unspecified atom stereocenters. The maximum absolute atomic E-state index is 13.0. The Hall–Kier alpha value is -2.03. The minimum Gasteiger partial charge on any atom is -0.345 e. The predicted molar refractivity (Wildman–Crippen MR) is 67.7 cm³/mol. The summed E-state index contributed by atoms with van der Waals surface area (Å²) in [5.41, 5.74) is 4.58. The fraction of sp³-hybridized carbons (Fsp3) is 0.545. The summed E-state index contributed by atoms with van der Waals surface area (Å²) >= 11 is 0. The van der Waals surface area contributed by atoms with Crippen LogP contribution in [0, 0.1) is 10.1 Å². The predicted octanol–water partition coefficient (Wildman–Crippen LogP) is 1.13. The molecule has 0 spiro atoms. The van der Waals surface area contributed by atoms with E-state index in [1.165, 1.54) is 10.8 Å². The summed E-state index contributed by atoms with van der Waals surface area (Å²) in [6.07, 6.45) is 1.85. The summed E-state index contributed by atoms with van der Waals surface area (Å²) in [6, 6.07) is 1.06. The van der Waals surface area contributed by atoms with Crippen molar-refractivity contribution in [2.24, 2.45) is 5.73 Å². The first-order chi connectivity index (χ1) is 9.30. The molecular weight excluding hydrogens is 274 g/mol. The quantitative estimate of drug-likeness (QED) is 0.580. The smallest absolute Gasteiger partial charge is 0.287 e. The molecule has 7 nitrogen and oxygen atoms in total. The number of rotatable bonds is 7. The fourth-order valence-corrected chi connectivity index (χ4v) is 1.58. The molecule has 0 aliphatic rings. The number of nitrogens with two attached hydrogens (primary N) is 1. The second kappa shape index (κ2) is 6.42. The Morgan fingerprint density at radius 1 is 1.60 bits per heavy atom. The van der Waals surface area contributed by atoms with Gasteiger partial charge in [0.15, 0.2) is 0 Å². The van der Waals surface area contributed by atoms with E-state index < -0.39 is 29.8 Å². The molecule has 0 aromatic carbocycles. The number of nitrogens with zero attached hydrogens (tertiary/aromatic N) is 2. The Balaban J connectivity index is 2.88. The van der Waals surface area contributed by atoms with Crippen LogP contribution in [0.25, 0.3) is 0 Å². The Morgan fingerprint density at radius 2 is 2.25 bits per heavy atom. The van der Waals surface area contributed by atoms with Crippen molar-refractivity contribution >= 4 is 11.6 Å². The summed E-state index contributed by atoms with van der Waals surface area (Å²) in [7, 11) is 0. The zero-order chi connectivity index (χ0) is 15.3. The van der Waals surface area contributed by atoms with Crippen molar-refractivity contribution in [1.82, 2.24) is 9.88 Å². The summed E-state index contributed by atoms with van der Waals surface area (Å²) in [4.78, 5) is 21.8. The number of hydrogen-bond acceptors (Lipinski definition) is 4. The first kappa shape index (κ1) is 16.0. The van der Waals surface area contributed by atoms with Crippen molar-refractivity contribution in [3.63, 3.8) is 0 Å². The van der Waals surface area contributed by atoms with Gasteiger partial charge in [-0.3, -0.25) is 14.9 Å². The third kappa shape index (κ3) is 3.98. The zero-order valence-corrected chi connectivity index (χ0v) is 10.9. The lowest BCUT2D eigenvalue weighted by atomic mass is 10.3. The summed E-state index contributed by atoms with van der Waals surface area (Å²) in [5.74, 6) is -4.00. The van der Waals surface area contributed by atoms with Gasteiger partial charge in [0.25, 0.3) is 17.5 Å². The lowest BCUT2D eigenvalue weighted by Crippen LogP contribution is -2.42. The second-order valence-electron chi connectivity index (χ2n) is 4.28. The molecule has 1 aromatic heterocycles. The number of aromatic nitrogens is 1. The fourth-order valence-electron chi connectivity index (χ4n) is 1.58. The van der Waals surface area contributed by atoms with Crippen molar-refractivity contribution in [2.75, 3.05) is 13.1 Å². The van der Waals surface area contributed by atoms with Crippen LogP contribution in [-0.2, 0) is 6.54 Å². The molecule has 0 radical (unpaired) electrons. The highest BCUT2D eigenvalue weighted by atomic mass is 19.3. The first-order valence-corrected chi connectivity index (χ1v) is 6.01. The molecule has 9 heteroatoms. The van der Waals surface area contributed by atoms with Crippen LogP contribution in [0.15, 0.2) is 12.3 Å². The number of aryl methyl sites for hydroxylation is 1. The van der Waals surface area contributed by atoms with E-state index in [1.54, 1.807) is 0 Å². The lowest BCUT2D eigenvalue weighted by molar-refractivity contribution is -0.384. The Bertz CT molecular complexity index is 502. The van der Waals surface area contributed by atoms with Crippen LogP contribution in [0.1, 0.15) is 23.8 Å². The number of amides is 1. The van der Waals surface area contributed by atoms with Crippen molar-refractivity contribution in [1.29, 1.82) is 0 Å². The molecule has 0 bridgehead atoms. The van der Waals surface area contributed by atoms with Gasteiger partial charge in [-0.1, -0.05) is 6.92 Å². The zero-order valence-electron chi connectivity index (χ0n) is 10.9. The van der Waals surface area contributed by atoms with Crippen LogP contribution in [0.3, 0.4) is 0 Å². The highest BCUT2D eigenvalue weighted by molar-refractivity contribution is 5.93. The number of halogens is 2. The standard InChI is InChI=1S/C11H16F2N4O3/c1-2-3-16-5-8(17(19)20)4-9(16)10(18)15-7-11(12,13)6-14/h4-5H,2-3,6-7,14H2,1H3,(H,15,18). The maximum Gasteiger partial charge on any atom is 0.287 e. The highest BCUT2D eigenvalue weighted by Gasteiger charge is 2.28. The van der Waals surface area contributed by atoms with Gasteiger partial charge in [0.2, 0.25) is 0 Å². The molecule has 1 aromatic rings. The van der Waals surface area contributed by atoms with Crippen LogP contribution in [0.2, 0.25) is 0 Å². The number of carbonyl (C=O) groups excluding carboxylic acids is 1. The van der Waals surface area contributed by atoms with Crippen molar-refractivity contribution in [3.05, 3.63) is 28.1 Å². The van der Waals surface area contributed by atoms with Gasteiger partial charge in [0.1, 0.15) is 5.69 Å². The van der Waals surface area contributed by atoms with Gasteiger partial charge in [0, 0.05) is 12.6 Å². The maximum atomic E-state index is 13.0. The van der Waals surface area contributed by atoms with Gasteiger partial charge in [-0.2, -0.15) is 0 Å². The highest BCUT2D eigenvalue weighted by Crippen LogP contribution is 2.17. The summed E-state index contributed by atoms with van der Waals surface area (Å²) < 4.78 is 27.3. The van der Waals surface area contributed by atoms with Crippen LogP contribution in [-0.4, -0.2) is 34.4 Å².